The van der Waals surface area contributed by atoms with Crippen molar-refractivity contribution >= 4 is 5.97 Å². The molecule has 0 amide bonds. The van der Waals surface area contributed by atoms with E-state index in [9.17, 15) is 61.9 Å². The summed E-state index contributed by atoms with van der Waals surface area (Å²) >= 11 is 0. The first-order chi connectivity index (χ1) is 14.6. The fourth-order valence-electron chi connectivity index (χ4n) is 1.68. The van der Waals surface area contributed by atoms with Gasteiger partial charge >= 0.3 is 93.6 Å². The molecule has 0 aliphatic heterocycles. The first-order valence-corrected chi connectivity index (χ1v) is 7.66. The van der Waals surface area contributed by atoms with E-state index >= 15 is 0 Å². The molecule has 1 aromatic carbocycles. The maximum Gasteiger partial charge on any atom is 1.00 e. The monoisotopic (exact) mass is 554 g/mol. The van der Waals surface area contributed by atoms with E-state index in [1.54, 1.807) is 0 Å². The van der Waals surface area contributed by atoms with E-state index in [2.05, 4.69) is 14.2 Å². The number of methoxy groups -OCH3 is 1. The Balaban J connectivity index is 0.0000109. The Morgan fingerprint density at radius 2 is 1.29 bits per heavy atom. The van der Waals surface area contributed by atoms with Gasteiger partial charge in [0, 0.05) is 0 Å². The summed E-state index contributed by atoms with van der Waals surface area (Å²) in [6, 6.07) is 4.47. The second-order valence-electron chi connectivity index (χ2n) is 5.60. The number of rotatable bonds is 10. The summed E-state index contributed by atoms with van der Waals surface area (Å²) in [4.78, 5) is 10.6. The molecule has 19 heteroatoms. The Morgan fingerprint density at radius 1 is 0.824 bits per heavy atom. The normalized spacial score (nSPS) is 15.4. The van der Waals surface area contributed by atoms with Crippen molar-refractivity contribution in [1.29, 1.82) is 0 Å². The first-order valence-electron chi connectivity index (χ1n) is 7.66. The molecule has 0 saturated carbocycles. The number of ether oxygens (including phenoxy) is 4. The van der Waals surface area contributed by atoms with Gasteiger partial charge in [0.2, 0.25) is 0 Å². The van der Waals surface area contributed by atoms with Crippen molar-refractivity contribution in [1.82, 2.24) is 0 Å². The maximum absolute atomic E-state index is 14.0. The molecule has 190 valence electrons. The van der Waals surface area contributed by atoms with E-state index in [4.69, 9.17) is 0 Å². The minimum absolute atomic E-state index is 0. The molecule has 0 spiro atoms. The predicted octanol–water partition coefficient (Wildman–Crippen LogP) is 2.38. The summed E-state index contributed by atoms with van der Waals surface area (Å²) in [5, 5.41) is 0. The molecule has 1 unspecified atom stereocenters. The summed E-state index contributed by atoms with van der Waals surface area (Å²) in [6.45, 7) is 0. The molecule has 0 aliphatic rings. The fraction of sp³-hybridized carbons (Fsp3) is 0.467. The van der Waals surface area contributed by atoms with Crippen LogP contribution in [-0.4, -0.2) is 49.4 Å². The van der Waals surface area contributed by atoms with Gasteiger partial charge in [0.15, 0.2) is 0 Å². The molecule has 0 heterocycles. The van der Waals surface area contributed by atoms with Crippen molar-refractivity contribution in [2.75, 3.05) is 7.11 Å². The van der Waals surface area contributed by atoms with Crippen molar-refractivity contribution in [2.45, 2.75) is 36.3 Å². The van der Waals surface area contributed by atoms with E-state index in [0.717, 1.165) is 12.1 Å². The number of alkyl halides is 12. The quantitative estimate of drug-likeness (QED) is 0.193. The molecule has 0 N–H and O–H groups in total. The van der Waals surface area contributed by atoms with Crippen LogP contribution < -0.4 is 56.1 Å². The SMILES string of the molecule is COC(=O)C(F)(F)C(F)(F)OC(F)(C(F)(F)F)C(F)(F)O[C-](F)C(F)(F)Oc1ccccc1.[K+]. The van der Waals surface area contributed by atoms with Crippen molar-refractivity contribution in [3.63, 3.8) is 0 Å². The van der Waals surface area contributed by atoms with Crippen LogP contribution in [0.4, 0.5) is 57.1 Å². The van der Waals surface area contributed by atoms with Crippen molar-refractivity contribution in [3.8, 4) is 5.75 Å². The molecule has 1 aromatic rings. The van der Waals surface area contributed by atoms with E-state index in [-0.39, 0.29) is 58.5 Å². The first kappa shape index (κ1) is 33.1. The smallest absolute Gasteiger partial charge is 0.464 e. The van der Waals surface area contributed by atoms with Crippen LogP contribution in [0.2, 0.25) is 0 Å². The van der Waals surface area contributed by atoms with E-state index in [1.165, 1.54) is 6.07 Å². The number of hydrogen-bond donors (Lipinski definition) is 0. The second kappa shape index (κ2) is 11.0. The summed E-state index contributed by atoms with van der Waals surface area (Å²) in [6.07, 6.45) is -31.5. The summed E-state index contributed by atoms with van der Waals surface area (Å²) in [5.74, 6) is -18.3. The average molecular weight is 554 g/mol. The van der Waals surface area contributed by atoms with E-state index in [1.807, 2.05) is 4.74 Å². The van der Waals surface area contributed by atoms with E-state index < -0.39 is 54.4 Å². The predicted molar refractivity (Wildman–Crippen MR) is 75.3 cm³/mol. The van der Waals surface area contributed by atoms with Gasteiger partial charge in [-0.2, -0.15) is 52.7 Å². The molecule has 1 atom stereocenters. The van der Waals surface area contributed by atoms with Crippen molar-refractivity contribution in [3.05, 3.63) is 36.7 Å². The molecule has 1 rings (SSSR count). The molecule has 0 bridgehead atoms. The number of halogens is 13. The van der Waals surface area contributed by atoms with Crippen LogP contribution >= 0.6 is 0 Å². The number of benzene rings is 1. The van der Waals surface area contributed by atoms with Gasteiger partial charge in [-0.15, -0.1) is 0 Å². The van der Waals surface area contributed by atoms with Gasteiger partial charge in [0.25, 0.3) is 0 Å². The van der Waals surface area contributed by atoms with Crippen LogP contribution in [0.15, 0.2) is 30.3 Å². The van der Waals surface area contributed by atoms with Gasteiger partial charge in [0.05, 0.1) is 13.5 Å². The van der Waals surface area contributed by atoms with Crippen LogP contribution in [0.5, 0.6) is 5.75 Å². The molecule has 0 saturated heterocycles. The van der Waals surface area contributed by atoms with Crippen LogP contribution in [0.3, 0.4) is 0 Å². The maximum atomic E-state index is 14.0. The van der Waals surface area contributed by atoms with Crippen LogP contribution in [0, 0.1) is 6.36 Å². The third-order valence-corrected chi connectivity index (χ3v) is 3.25. The molecular weight excluding hydrogens is 546 g/mol. The Bertz CT molecular complexity index is 821. The zero-order valence-corrected chi connectivity index (χ0v) is 19.5. The molecule has 34 heavy (non-hydrogen) atoms. The Labute approximate surface area is 222 Å². The molecule has 0 aliphatic carbocycles. The molecule has 0 aromatic heterocycles. The minimum Gasteiger partial charge on any atom is -0.464 e. The standard InChI is InChI=1S/C15H8F13O5.K/c1-30-9(29)10(17,18)14(25,26)33-12(21,13(22,23)24)15(27,28)32-8(16)11(19,20)31-7-5-3-2-4-6-7;/h2-6H,1H3;/q-1;+1. The van der Waals surface area contributed by atoms with Crippen molar-refractivity contribution < 1.29 is 132 Å². The van der Waals surface area contributed by atoms with Gasteiger partial charge in [-0.3, -0.25) is 4.74 Å². The zero-order chi connectivity index (χ0) is 26.1. The van der Waals surface area contributed by atoms with Crippen molar-refractivity contribution in [2.24, 2.45) is 0 Å². The Hall–Kier alpha value is -0.864. The largest absolute Gasteiger partial charge is 1.00 e. The number of carbonyl (C=O) groups is 1. The molecular formula is C15H8F13KO5. The molecule has 0 radical (unpaired) electrons. The topological polar surface area (TPSA) is 54.0 Å². The van der Waals surface area contributed by atoms with Crippen LogP contribution in [0.1, 0.15) is 0 Å². The van der Waals surface area contributed by atoms with E-state index in [0.29, 0.717) is 12.1 Å². The molecule has 5 nitrogen and oxygen atoms in total. The van der Waals surface area contributed by atoms with Gasteiger partial charge < -0.3 is 18.6 Å². The summed E-state index contributed by atoms with van der Waals surface area (Å²) in [5.41, 5.74) is 0. The van der Waals surface area contributed by atoms with Crippen LogP contribution in [0.25, 0.3) is 0 Å². The summed E-state index contributed by atoms with van der Waals surface area (Å²) in [7, 11) is -0.00432. The third kappa shape index (κ3) is 6.87. The minimum atomic E-state index is -7.47. The number of carbonyl (C=O) groups excluding carboxylic acids is 1. The van der Waals surface area contributed by atoms with Crippen LogP contribution in [-0.2, 0) is 19.0 Å². The third-order valence-electron chi connectivity index (χ3n) is 3.25. The van der Waals surface area contributed by atoms with Gasteiger partial charge in [0.1, 0.15) is 5.75 Å². The van der Waals surface area contributed by atoms with Gasteiger partial charge in [-0.05, 0) is 12.1 Å². The Kier molecular flexibility index (Phi) is 10.8. The number of hydrogen-bond acceptors (Lipinski definition) is 5. The van der Waals surface area contributed by atoms with Gasteiger partial charge in [-0.25, -0.2) is 4.79 Å². The number of esters is 1. The number of para-hydroxylation sites is 1. The fourth-order valence-corrected chi connectivity index (χ4v) is 1.68. The summed E-state index contributed by atoms with van der Waals surface area (Å²) < 4.78 is 184. The van der Waals surface area contributed by atoms with Gasteiger partial charge in [-0.1, -0.05) is 18.2 Å². The Morgan fingerprint density at radius 3 is 1.71 bits per heavy atom. The zero-order valence-electron chi connectivity index (χ0n) is 16.3. The second-order valence-corrected chi connectivity index (χ2v) is 5.60. The average Bonchev–Trinajstić information content (AvgIpc) is 2.65. The molecule has 0 fully saturated rings.